The van der Waals surface area contributed by atoms with E-state index < -0.39 is 29.4 Å². The van der Waals surface area contributed by atoms with E-state index in [-0.39, 0.29) is 18.4 Å². The molecule has 1 aromatic heterocycles. The van der Waals surface area contributed by atoms with Crippen LogP contribution >= 0.6 is 0 Å². The van der Waals surface area contributed by atoms with Gasteiger partial charge in [0.05, 0.1) is 5.52 Å². The third-order valence-corrected chi connectivity index (χ3v) is 8.00. The number of aryl methyl sites for hydroxylation is 1. The highest BCUT2D eigenvalue weighted by molar-refractivity contribution is 6.16. The number of benzene rings is 2. The van der Waals surface area contributed by atoms with Crippen LogP contribution in [0.5, 0.6) is 0 Å². The number of aromatic nitrogens is 1. The Morgan fingerprint density at radius 3 is 2.36 bits per heavy atom. The molecule has 5 N–H and O–H groups in total. The second-order valence-corrected chi connectivity index (χ2v) is 13.9. The number of alkyl carbamates (subject to hydrolysis) is 2. The highest BCUT2D eigenvalue weighted by atomic mass is 16.6. The first-order valence-corrected chi connectivity index (χ1v) is 15.8. The third kappa shape index (κ3) is 7.51. The van der Waals surface area contributed by atoms with Gasteiger partial charge in [-0.2, -0.15) is 0 Å². The number of amides is 4. The normalized spacial score (nSPS) is 14.9. The maximum absolute atomic E-state index is 13.4. The Bertz CT molecular complexity index is 1640. The Balaban J connectivity index is 1.27. The Morgan fingerprint density at radius 2 is 1.62 bits per heavy atom. The average Bonchev–Trinajstić information content (AvgIpc) is 3.65. The van der Waals surface area contributed by atoms with Gasteiger partial charge in [-0.1, -0.05) is 6.07 Å². The topological polar surface area (TPSA) is 151 Å². The van der Waals surface area contributed by atoms with Crippen LogP contribution in [0.1, 0.15) is 99.8 Å². The number of hydrogen-bond acceptors (Lipinski definition) is 6. The van der Waals surface area contributed by atoms with Crippen molar-refractivity contribution in [2.45, 2.75) is 110 Å². The molecule has 1 atom stereocenters. The minimum Gasteiger partial charge on any atom is -0.444 e. The minimum absolute atomic E-state index is 0.00645. The van der Waals surface area contributed by atoms with E-state index in [1.807, 2.05) is 12.1 Å². The number of ether oxygens (including phenoxy) is 2. The van der Waals surface area contributed by atoms with E-state index in [1.54, 1.807) is 41.5 Å². The number of fused-ring (bicyclic) bond motifs is 8. The third-order valence-electron chi connectivity index (χ3n) is 8.00. The molecule has 0 saturated heterocycles. The summed E-state index contributed by atoms with van der Waals surface area (Å²) >= 11 is 0. The van der Waals surface area contributed by atoms with Crippen LogP contribution in [0.4, 0.5) is 9.59 Å². The Kier molecular flexibility index (Phi) is 9.00. The van der Waals surface area contributed by atoms with Gasteiger partial charge in [0.1, 0.15) is 17.2 Å². The fourth-order valence-corrected chi connectivity index (χ4v) is 6.21. The van der Waals surface area contributed by atoms with Gasteiger partial charge < -0.3 is 35.7 Å². The zero-order valence-corrected chi connectivity index (χ0v) is 27.1. The van der Waals surface area contributed by atoms with Crippen molar-refractivity contribution in [2.75, 3.05) is 6.54 Å². The lowest BCUT2D eigenvalue weighted by Crippen LogP contribution is -2.48. The summed E-state index contributed by atoms with van der Waals surface area (Å²) < 4.78 is 10.7. The minimum atomic E-state index is -0.818. The first kappa shape index (κ1) is 32.1. The fourth-order valence-electron chi connectivity index (χ4n) is 6.21. The van der Waals surface area contributed by atoms with Crippen LogP contribution in [0.2, 0.25) is 0 Å². The smallest absolute Gasteiger partial charge is 0.408 e. The summed E-state index contributed by atoms with van der Waals surface area (Å²) in [6.07, 6.45) is 3.29. The predicted octanol–water partition coefficient (Wildman–Crippen LogP) is 5.26. The number of carbonyl (C=O) groups is 4. The van der Waals surface area contributed by atoms with Crippen molar-refractivity contribution in [1.29, 1.82) is 0 Å². The zero-order valence-electron chi connectivity index (χ0n) is 27.1. The van der Waals surface area contributed by atoms with Crippen molar-refractivity contribution in [1.82, 2.24) is 26.3 Å². The summed E-state index contributed by atoms with van der Waals surface area (Å²) in [4.78, 5) is 54.2. The van der Waals surface area contributed by atoms with Gasteiger partial charge in [0.25, 0.3) is 5.91 Å². The van der Waals surface area contributed by atoms with Crippen molar-refractivity contribution in [3.63, 3.8) is 0 Å². The Labute approximate surface area is 263 Å². The number of aromatic amines is 1. The number of H-pyrrole nitrogens is 1. The standard InChI is InChI=1S/C34H45N5O6/c1-33(2,3)44-31(42)35-15-8-7-12-25(39-32(43)45-34(4,5)6)29(40)36-17-19-13-14-24-22(16-19)26-23-18-37-30(41)27(23)20-10-9-11-21(20)28(26)38-24/h13-14,16,25,38H,7-12,15,17-18H2,1-6H3,(H,35,42)(H,36,40)(H,37,41)(H,39,43). The van der Waals surface area contributed by atoms with E-state index >= 15 is 0 Å². The molecule has 45 heavy (non-hydrogen) atoms. The molecular weight excluding hydrogens is 574 g/mol. The van der Waals surface area contributed by atoms with E-state index in [9.17, 15) is 19.2 Å². The van der Waals surface area contributed by atoms with Crippen LogP contribution in [-0.2, 0) is 40.2 Å². The molecule has 0 saturated carbocycles. The quantitative estimate of drug-likeness (QED) is 0.206. The number of carbonyl (C=O) groups excluding carboxylic acids is 4. The highest BCUT2D eigenvalue weighted by Gasteiger charge is 2.32. The molecule has 0 bridgehead atoms. The number of nitrogens with one attached hydrogen (secondary N) is 5. The molecule has 2 heterocycles. The molecule has 3 aromatic rings. The second kappa shape index (κ2) is 12.6. The van der Waals surface area contributed by atoms with Crippen molar-refractivity contribution >= 4 is 45.8 Å². The molecule has 11 heteroatoms. The van der Waals surface area contributed by atoms with Crippen molar-refractivity contribution in [2.24, 2.45) is 0 Å². The SMILES string of the molecule is CC(C)(C)OC(=O)NCCCCC(NC(=O)OC(C)(C)C)C(=O)NCc1ccc2[nH]c3c4c(c5c(c3c2c1)CNC5=O)CCC4. The maximum atomic E-state index is 13.4. The van der Waals surface area contributed by atoms with E-state index in [2.05, 4.69) is 32.3 Å². The largest absolute Gasteiger partial charge is 0.444 e. The summed E-state index contributed by atoms with van der Waals surface area (Å²) in [5, 5.41) is 13.5. The van der Waals surface area contributed by atoms with Gasteiger partial charge in [-0.25, -0.2) is 9.59 Å². The zero-order chi connectivity index (χ0) is 32.5. The molecule has 1 aliphatic carbocycles. The lowest BCUT2D eigenvalue weighted by atomic mass is 9.94. The van der Waals surface area contributed by atoms with E-state index in [1.165, 1.54) is 11.1 Å². The van der Waals surface area contributed by atoms with Gasteiger partial charge >= 0.3 is 12.2 Å². The molecule has 2 aromatic carbocycles. The summed E-state index contributed by atoms with van der Waals surface area (Å²) in [5.41, 5.74) is 6.01. The summed E-state index contributed by atoms with van der Waals surface area (Å²) in [6, 6.07) is 5.24. The number of rotatable bonds is 9. The summed E-state index contributed by atoms with van der Waals surface area (Å²) in [7, 11) is 0. The molecule has 4 amide bonds. The molecule has 1 unspecified atom stereocenters. The highest BCUT2D eigenvalue weighted by Crippen LogP contribution is 2.41. The lowest BCUT2D eigenvalue weighted by Gasteiger charge is -2.23. The van der Waals surface area contributed by atoms with Crippen molar-refractivity contribution in [3.05, 3.63) is 46.0 Å². The molecule has 0 radical (unpaired) electrons. The van der Waals surface area contributed by atoms with Gasteiger partial charge in [-0.15, -0.1) is 0 Å². The molecule has 1 aliphatic heterocycles. The lowest BCUT2D eigenvalue weighted by molar-refractivity contribution is -0.123. The van der Waals surface area contributed by atoms with Crippen LogP contribution in [0.15, 0.2) is 18.2 Å². The van der Waals surface area contributed by atoms with E-state index in [0.29, 0.717) is 32.4 Å². The van der Waals surface area contributed by atoms with Gasteiger partial charge in [-0.3, -0.25) is 9.59 Å². The second-order valence-electron chi connectivity index (χ2n) is 13.9. The van der Waals surface area contributed by atoms with Crippen LogP contribution in [0, 0.1) is 0 Å². The first-order chi connectivity index (χ1) is 21.2. The van der Waals surface area contributed by atoms with E-state index in [0.717, 1.165) is 57.8 Å². The average molecular weight is 620 g/mol. The van der Waals surface area contributed by atoms with Crippen molar-refractivity contribution < 1.29 is 28.7 Å². The molecule has 5 rings (SSSR count). The number of unbranched alkanes of at least 4 members (excludes halogenated alkanes) is 1. The maximum Gasteiger partial charge on any atom is 0.408 e. The van der Waals surface area contributed by atoms with E-state index in [4.69, 9.17) is 9.47 Å². The van der Waals surface area contributed by atoms with Gasteiger partial charge in [0.15, 0.2) is 0 Å². The van der Waals surface area contributed by atoms with Gasteiger partial charge in [-0.05, 0) is 114 Å². The van der Waals surface area contributed by atoms with Crippen LogP contribution in [0.25, 0.3) is 21.8 Å². The molecule has 0 fully saturated rings. The summed E-state index contributed by atoms with van der Waals surface area (Å²) in [6.45, 7) is 11.8. The van der Waals surface area contributed by atoms with Crippen molar-refractivity contribution in [3.8, 4) is 0 Å². The molecule has 0 spiro atoms. The molecule has 11 nitrogen and oxygen atoms in total. The molecular formula is C34H45N5O6. The van der Waals surface area contributed by atoms with Crippen LogP contribution in [-0.4, -0.2) is 52.8 Å². The predicted molar refractivity (Wildman–Crippen MR) is 172 cm³/mol. The summed E-state index contributed by atoms with van der Waals surface area (Å²) in [5.74, 6) is -0.319. The van der Waals surface area contributed by atoms with Crippen LogP contribution in [0.3, 0.4) is 0 Å². The van der Waals surface area contributed by atoms with Gasteiger partial charge in [0.2, 0.25) is 5.91 Å². The van der Waals surface area contributed by atoms with Crippen LogP contribution < -0.4 is 21.3 Å². The Hall–Kier alpha value is -4.28. The fraction of sp³-hybridized carbons (Fsp3) is 0.529. The monoisotopic (exact) mass is 619 g/mol. The Morgan fingerprint density at radius 1 is 0.911 bits per heavy atom. The molecule has 242 valence electrons. The number of hydrogen-bond donors (Lipinski definition) is 5. The van der Waals surface area contributed by atoms with Gasteiger partial charge in [0, 0.05) is 41.5 Å². The first-order valence-electron chi connectivity index (χ1n) is 15.8. The molecule has 2 aliphatic rings.